The van der Waals surface area contributed by atoms with Gasteiger partial charge in [-0.2, -0.15) is 26.3 Å². The minimum absolute atomic E-state index is 0.334. The van der Waals surface area contributed by atoms with Crippen LogP contribution in [-0.4, -0.2) is 0 Å². The average Bonchev–Trinajstić information content (AvgIpc) is 2.05. The van der Waals surface area contributed by atoms with Gasteiger partial charge < -0.3 is 5.73 Å². The number of benzene rings is 1. The fourth-order valence-corrected chi connectivity index (χ4v) is 1.84. The van der Waals surface area contributed by atoms with E-state index in [1.54, 1.807) is 0 Å². The van der Waals surface area contributed by atoms with E-state index in [4.69, 9.17) is 5.73 Å². The number of hydrogen-bond donors (Lipinski definition) is 1. The number of alkyl halides is 6. The van der Waals surface area contributed by atoms with Crippen LogP contribution in [-0.2, 0) is 12.4 Å². The molecule has 0 aromatic heterocycles. The van der Waals surface area contributed by atoms with Gasteiger partial charge in [0.1, 0.15) is 0 Å². The summed E-state index contributed by atoms with van der Waals surface area (Å²) in [4.78, 5) is 0. The molecule has 2 N–H and O–H groups in total. The van der Waals surface area contributed by atoms with Crippen molar-refractivity contribution >= 4 is 28.3 Å². The molecule has 0 radical (unpaired) electrons. The molecule has 0 saturated heterocycles. The molecule has 0 aliphatic heterocycles. The van der Waals surface area contributed by atoms with Gasteiger partial charge >= 0.3 is 12.4 Å². The van der Waals surface area contributed by atoms with E-state index in [1.807, 2.05) is 0 Å². The highest BCUT2D eigenvalue weighted by Crippen LogP contribution is 2.41. The highest BCUT2D eigenvalue weighted by atomic mass is 127. The Kier molecular flexibility index (Phi) is 3.32. The third-order valence-corrected chi connectivity index (χ3v) is 2.95. The van der Waals surface area contributed by atoms with Gasteiger partial charge in [0.25, 0.3) is 0 Å². The maximum atomic E-state index is 12.3. The second-order valence-corrected chi connectivity index (χ2v) is 3.96. The normalized spacial score (nSPS) is 12.9. The summed E-state index contributed by atoms with van der Waals surface area (Å²) in [5.74, 6) is 0. The van der Waals surface area contributed by atoms with Crippen LogP contribution in [0.5, 0.6) is 0 Å². The van der Waals surface area contributed by atoms with Crippen molar-refractivity contribution in [3.8, 4) is 0 Å². The lowest BCUT2D eigenvalue weighted by atomic mass is 10.1. The minimum Gasteiger partial charge on any atom is -0.397 e. The Bertz CT molecular complexity index is 369. The maximum absolute atomic E-state index is 12.3. The van der Waals surface area contributed by atoms with E-state index < -0.39 is 32.7 Å². The predicted octanol–water partition coefficient (Wildman–Crippen LogP) is 3.91. The van der Waals surface area contributed by atoms with E-state index in [0.717, 1.165) is 22.6 Å². The number of nitrogen functional groups attached to an aromatic ring is 1. The van der Waals surface area contributed by atoms with Crippen LogP contribution in [0.15, 0.2) is 12.1 Å². The van der Waals surface area contributed by atoms with Crippen LogP contribution in [0, 0.1) is 3.57 Å². The predicted molar refractivity (Wildman–Crippen MR) is 53.6 cm³/mol. The van der Waals surface area contributed by atoms with Gasteiger partial charge in [-0.25, -0.2) is 0 Å². The van der Waals surface area contributed by atoms with E-state index in [-0.39, 0.29) is 0 Å². The van der Waals surface area contributed by atoms with Crippen molar-refractivity contribution in [2.24, 2.45) is 0 Å². The van der Waals surface area contributed by atoms with Crippen molar-refractivity contribution in [3.05, 3.63) is 26.8 Å². The molecule has 0 amide bonds. The molecule has 0 spiro atoms. The van der Waals surface area contributed by atoms with E-state index >= 15 is 0 Å². The summed E-state index contributed by atoms with van der Waals surface area (Å²) in [7, 11) is 0. The lowest BCUT2D eigenvalue weighted by Gasteiger charge is -2.15. The lowest BCUT2D eigenvalue weighted by molar-refractivity contribution is -0.141. The number of rotatable bonds is 0. The fourth-order valence-electron chi connectivity index (χ4n) is 1.06. The molecule has 1 aromatic rings. The smallest absolute Gasteiger partial charge is 0.397 e. The minimum atomic E-state index is -4.76. The monoisotopic (exact) mass is 355 g/mol. The lowest BCUT2D eigenvalue weighted by Crippen LogP contribution is -2.15. The van der Waals surface area contributed by atoms with E-state index in [0.29, 0.717) is 12.1 Å². The molecule has 1 rings (SSSR count). The van der Waals surface area contributed by atoms with Crippen LogP contribution in [0.2, 0.25) is 0 Å². The van der Waals surface area contributed by atoms with Crippen LogP contribution in [0.3, 0.4) is 0 Å². The zero-order valence-electron chi connectivity index (χ0n) is 7.38. The van der Waals surface area contributed by atoms with Gasteiger partial charge in [0, 0.05) is 3.57 Å². The Morgan fingerprint density at radius 1 is 0.875 bits per heavy atom. The third kappa shape index (κ3) is 2.53. The number of hydrogen-bond acceptors (Lipinski definition) is 1. The van der Waals surface area contributed by atoms with Crippen molar-refractivity contribution in [1.29, 1.82) is 0 Å². The third-order valence-electron chi connectivity index (χ3n) is 1.79. The van der Waals surface area contributed by atoms with Crippen LogP contribution in [0.1, 0.15) is 11.1 Å². The van der Waals surface area contributed by atoms with Crippen LogP contribution >= 0.6 is 22.6 Å². The van der Waals surface area contributed by atoms with Crippen molar-refractivity contribution in [2.75, 3.05) is 5.73 Å². The average molecular weight is 355 g/mol. The zero-order valence-corrected chi connectivity index (χ0v) is 9.54. The summed E-state index contributed by atoms with van der Waals surface area (Å²) >= 11 is 1.15. The Morgan fingerprint density at radius 2 is 1.25 bits per heavy atom. The first-order valence-electron chi connectivity index (χ1n) is 3.77. The largest absolute Gasteiger partial charge is 0.418 e. The summed E-state index contributed by atoms with van der Waals surface area (Å²) in [5, 5.41) is 0. The van der Waals surface area contributed by atoms with Gasteiger partial charge in [0.2, 0.25) is 0 Å². The number of halogens is 7. The van der Waals surface area contributed by atoms with E-state index in [1.165, 1.54) is 0 Å². The molecule has 0 aliphatic carbocycles. The molecule has 1 nitrogen and oxygen atoms in total. The molecule has 90 valence electrons. The first-order valence-corrected chi connectivity index (χ1v) is 4.85. The Hall–Kier alpha value is -0.670. The molecular formula is C8H4F6IN. The van der Waals surface area contributed by atoms with E-state index in [9.17, 15) is 26.3 Å². The SMILES string of the molecule is Nc1c(C(F)(F)F)ccc(C(F)(F)F)c1I. The molecule has 0 aliphatic rings. The van der Waals surface area contributed by atoms with Crippen molar-refractivity contribution in [3.63, 3.8) is 0 Å². The molecule has 0 atom stereocenters. The van der Waals surface area contributed by atoms with Crippen LogP contribution < -0.4 is 5.73 Å². The summed E-state index contributed by atoms with van der Waals surface area (Å²) in [6.07, 6.45) is -9.47. The number of anilines is 1. The molecule has 0 heterocycles. The van der Waals surface area contributed by atoms with Gasteiger partial charge in [0.15, 0.2) is 0 Å². The van der Waals surface area contributed by atoms with Crippen LogP contribution in [0.4, 0.5) is 32.0 Å². The Labute approximate surface area is 99.8 Å². The first-order chi connectivity index (χ1) is 7.05. The van der Waals surface area contributed by atoms with Gasteiger partial charge in [-0.05, 0) is 34.7 Å². The van der Waals surface area contributed by atoms with Gasteiger partial charge in [-0.15, -0.1) is 0 Å². The highest BCUT2D eigenvalue weighted by Gasteiger charge is 2.38. The summed E-state index contributed by atoms with van der Waals surface area (Å²) < 4.78 is 73.2. The fraction of sp³-hybridized carbons (Fsp3) is 0.250. The van der Waals surface area contributed by atoms with Crippen molar-refractivity contribution in [1.82, 2.24) is 0 Å². The van der Waals surface area contributed by atoms with Gasteiger partial charge in [-0.1, -0.05) is 0 Å². The van der Waals surface area contributed by atoms with Crippen molar-refractivity contribution in [2.45, 2.75) is 12.4 Å². The molecule has 1 aromatic carbocycles. The summed E-state index contributed by atoms with van der Waals surface area (Å²) in [6.45, 7) is 0. The molecule has 0 saturated carbocycles. The van der Waals surface area contributed by atoms with Crippen LogP contribution in [0.25, 0.3) is 0 Å². The van der Waals surface area contributed by atoms with Gasteiger partial charge in [0.05, 0.1) is 16.8 Å². The maximum Gasteiger partial charge on any atom is 0.418 e. The highest BCUT2D eigenvalue weighted by molar-refractivity contribution is 14.1. The molecule has 0 bridgehead atoms. The van der Waals surface area contributed by atoms with E-state index in [2.05, 4.69) is 0 Å². The summed E-state index contributed by atoms with van der Waals surface area (Å²) in [6, 6.07) is 0.710. The quantitative estimate of drug-likeness (QED) is 0.426. The Balaban J connectivity index is 3.41. The Morgan fingerprint density at radius 3 is 1.62 bits per heavy atom. The second kappa shape index (κ2) is 3.97. The zero-order chi connectivity index (χ0) is 12.7. The second-order valence-electron chi connectivity index (χ2n) is 2.88. The number of nitrogens with two attached hydrogens (primary N) is 1. The molecule has 8 heteroatoms. The summed E-state index contributed by atoms with van der Waals surface area (Å²) in [5.41, 5.74) is 1.71. The standard InChI is InChI=1S/C8H4F6IN/c9-7(10,11)3-1-2-4(8(12,13)14)6(16)5(3)15/h1-2H,16H2. The molecule has 0 fully saturated rings. The molecular weight excluding hydrogens is 351 g/mol. The first kappa shape index (κ1) is 13.4. The molecule has 0 unspecified atom stereocenters. The van der Waals surface area contributed by atoms with Crippen molar-refractivity contribution < 1.29 is 26.3 Å². The topological polar surface area (TPSA) is 26.0 Å². The van der Waals surface area contributed by atoms with Gasteiger partial charge in [-0.3, -0.25) is 0 Å². The molecule has 16 heavy (non-hydrogen) atoms.